The number of aromatic carboxylic acids is 1. The van der Waals surface area contributed by atoms with Gasteiger partial charge < -0.3 is 15.3 Å². The number of aryl methyl sites for hydroxylation is 2. The molecule has 0 heterocycles. The average molecular weight is 286 g/mol. The van der Waals surface area contributed by atoms with Gasteiger partial charge in [-0.25, -0.2) is 4.79 Å². The van der Waals surface area contributed by atoms with Gasteiger partial charge in [0, 0.05) is 0 Å². The molecular weight excluding hydrogens is 268 g/mol. The van der Waals surface area contributed by atoms with Gasteiger partial charge in [0.1, 0.15) is 6.10 Å². The normalized spacial score (nSPS) is 12.2. The van der Waals surface area contributed by atoms with Crippen molar-refractivity contribution in [3.8, 4) is 11.1 Å². The summed E-state index contributed by atoms with van der Waals surface area (Å²) in [6.45, 7) is 3.30. The van der Waals surface area contributed by atoms with Crippen LogP contribution in [0.5, 0.6) is 0 Å². The van der Waals surface area contributed by atoms with E-state index in [9.17, 15) is 15.0 Å². The van der Waals surface area contributed by atoms with Gasteiger partial charge in [-0.2, -0.15) is 0 Å². The predicted octanol–water partition coefficient (Wildman–Crippen LogP) is 2.69. The number of hydrogen-bond donors (Lipinski definition) is 3. The van der Waals surface area contributed by atoms with Crippen LogP contribution in [0.25, 0.3) is 11.1 Å². The number of rotatable bonds is 4. The molecule has 0 fully saturated rings. The number of carboxylic acid groups (broad SMARTS) is 1. The van der Waals surface area contributed by atoms with Crippen LogP contribution in [-0.2, 0) is 0 Å². The molecule has 4 nitrogen and oxygen atoms in total. The van der Waals surface area contributed by atoms with Gasteiger partial charge in [-0.05, 0) is 48.2 Å². The van der Waals surface area contributed by atoms with Gasteiger partial charge >= 0.3 is 5.97 Å². The van der Waals surface area contributed by atoms with E-state index in [1.807, 2.05) is 38.1 Å². The molecule has 0 spiro atoms. The summed E-state index contributed by atoms with van der Waals surface area (Å²) < 4.78 is 0. The van der Waals surface area contributed by atoms with Crippen molar-refractivity contribution in [1.29, 1.82) is 0 Å². The Hall–Kier alpha value is -2.17. The van der Waals surface area contributed by atoms with E-state index in [1.165, 1.54) is 6.07 Å². The van der Waals surface area contributed by atoms with Crippen LogP contribution in [0.1, 0.15) is 33.2 Å². The molecule has 0 aliphatic rings. The van der Waals surface area contributed by atoms with Gasteiger partial charge in [0.25, 0.3) is 0 Å². The Balaban J connectivity index is 2.62. The van der Waals surface area contributed by atoms with Gasteiger partial charge in [-0.3, -0.25) is 0 Å². The molecule has 21 heavy (non-hydrogen) atoms. The molecule has 3 N–H and O–H groups in total. The summed E-state index contributed by atoms with van der Waals surface area (Å²) in [7, 11) is 0. The Morgan fingerprint density at radius 2 is 1.76 bits per heavy atom. The molecule has 0 aromatic heterocycles. The second-order valence-electron chi connectivity index (χ2n) is 5.12. The molecule has 2 aromatic carbocycles. The van der Waals surface area contributed by atoms with Crippen molar-refractivity contribution in [1.82, 2.24) is 0 Å². The molecule has 0 aliphatic heterocycles. The van der Waals surface area contributed by atoms with Crippen LogP contribution < -0.4 is 0 Å². The van der Waals surface area contributed by atoms with E-state index in [0.29, 0.717) is 0 Å². The highest BCUT2D eigenvalue weighted by Gasteiger charge is 2.19. The summed E-state index contributed by atoms with van der Waals surface area (Å²) in [4.78, 5) is 11.3. The molecule has 0 saturated carbocycles. The van der Waals surface area contributed by atoms with Crippen molar-refractivity contribution in [2.24, 2.45) is 0 Å². The minimum absolute atomic E-state index is 0.0184. The molecule has 0 bridgehead atoms. The highest BCUT2D eigenvalue weighted by Crippen LogP contribution is 2.30. The number of aliphatic hydroxyl groups excluding tert-OH is 2. The van der Waals surface area contributed by atoms with Crippen molar-refractivity contribution >= 4 is 5.97 Å². The Morgan fingerprint density at radius 1 is 1.14 bits per heavy atom. The van der Waals surface area contributed by atoms with Crippen molar-refractivity contribution in [3.63, 3.8) is 0 Å². The molecule has 0 radical (unpaired) electrons. The lowest BCUT2D eigenvalue weighted by Gasteiger charge is -2.16. The first-order chi connectivity index (χ1) is 9.93. The quantitative estimate of drug-likeness (QED) is 0.807. The molecule has 0 aliphatic carbocycles. The summed E-state index contributed by atoms with van der Waals surface area (Å²) in [6, 6.07) is 11.0. The highest BCUT2D eigenvalue weighted by molar-refractivity contribution is 5.91. The predicted molar refractivity (Wildman–Crippen MR) is 80.4 cm³/mol. The van der Waals surface area contributed by atoms with Crippen LogP contribution in [0, 0.1) is 13.8 Å². The molecule has 1 atom stereocenters. The second-order valence-corrected chi connectivity index (χ2v) is 5.12. The van der Waals surface area contributed by atoms with Gasteiger partial charge in [0.2, 0.25) is 0 Å². The molecule has 2 rings (SSSR count). The smallest absolute Gasteiger partial charge is 0.336 e. The molecule has 0 saturated heterocycles. The summed E-state index contributed by atoms with van der Waals surface area (Å²) in [6.07, 6.45) is -1.21. The number of aliphatic hydroxyl groups is 2. The highest BCUT2D eigenvalue weighted by atomic mass is 16.4. The van der Waals surface area contributed by atoms with E-state index in [2.05, 4.69) is 0 Å². The second kappa shape index (κ2) is 6.08. The molecule has 2 aromatic rings. The van der Waals surface area contributed by atoms with E-state index < -0.39 is 18.7 Å². The maximum atomic E-state index is 11.3. The van der Waals surface area contributed by atoms with Crippen LogP contribution in [-0.4, -0.2) is 27.9 Å². The lowest BCUT2D eigenvalue weighted by Crippen LogP contribution is -2.11. The topological polar surface area (TPSA) is 77.8 Å². The van der Waals surface area contributed by atoms with Crippen LogP contribution >= 0.6 is 0 Å². The monoisotopic (exact) mass is 286 g/mol. The zero-order valence-corrected chi connectivity index (χ0v) is 12.0. The number of hydrogen-bond acceptors (Lipinski definition) is 3. The van der Waals surface area contributed by atoms with Crippen molar-refractivity contribution in [3.05, 3.63) is 58.7 Å². The van der Waals surface area contributed by atoms with E-state index in [1.54, 1.807) is 6.07 Å². The molecule has 110 valence electrons. The fourth-order valence-electron chi connectivity index (χ4n) is 2.33. The fourth-order valence-corrected chi connectivity index (χ4v) is 2.33. The first-order valence-electron chi connectivity index (χ1n) is 6.68. The number of carbonyl (C=O) groups is 1. The van der Waals surface area contributed by atoms with Crippen LogP contribution in [0.3, 0.4) is 0 Å². The Morgan fingerprint density at radius 3 is 2.29 bits per heavy atom. The SMILES string of the molecule is Cc1ccc(-c2cc(C(O)CO)c(C(=O)O)cc2C)cc1. The van der Waals surface area contributed by atoms with Crippen LogP contribution in [0.4, 0.5) is 0 Å². The first-order valence-corrected chi connectivity index (χ1v) is 6.68. The largest absolute Gasteiger partial charge is 0.478 e. The maximum absolute atomic E-state index is 11.3. The Kier molecular flexibility index (Phi) is 4.40. The minimum Gasteiger partial charge on any atom is -0.478 e. The number of carboxylic acids is 1. The van der Waals surface area contributed by atoms with Crippen LogP contribution in [0.15, 0.2) is 36.4 Å². The summed E-state index contributed by atoms with van der Waals surface area (Å²) >= 11 is 0. The molecule has 4 heteroatoms. The zero-order valence-electron chi connectivity index (χ0n) is 12.0. The van der Waals surface area contributed by atoms with Gasteiger partial charge in [0.05, 0.1) is 12.2 Å². The third-order valence-electron chi connectivity index (χ3n) is 3.52. The molecule has 1 unspecified atom stereocenters. The Labute approximate surface area is 123 Å². The van der Waals surface area contributed by atoms with E-state index >= 15 is 0 Å². The van der Waals surface area contributed by atoms with Gasteiger partial charge in [-0.15, -0.1) is 0 Å². The van der Waals surface area contributed by atoms with Crippen LogP contribution in [0.2, 0.25) is 0 Å². The molecule has 0 amide bonds. The third kappa shape index (κ3) is 3.12. The molecular formula is C17H18O4. The van der Waals surface area contributed by atoms with Crippen molar-refractivity contribution in [2.45, 2.75) is 20.0 Å². The van der Waals surface area contributed by atoms with Gasteiger partial charge in [0.15, 0.2) is 0 Å². The zero-order chi connectivity index (χ0) is 15.6. The first kappa shape index (κ1) is 15.2. The average Bonchev–Trinajstić information content (AvgIpc) is 2.47. The van der Waals surface area contributed by atoms with Gasteiger partial charge in [-0.1, -0.05) is 29.8 Å². The lowest BCUT2D eigenvalue weighted by molar-refractivity contribution is 0.0674. The summed E-state index contributed by atoms with van der Waals surface area (Å²) in [5.41, 5.74) is 3.99. The standard InChI is InChI=1S/C17H18O4/c1-10-3-5-12(6-4-10)13-8-14(16(19)9-18)15(17(20)21)7-11(13)2/h3-8,16,18-19H,9H2,1-2H3,(H,20,21). The minimum atomic E-state index is -1.21. The fraction of sp³-hybridized carbons (Fsp3) is 0.235. The van der Waals surface area contributed by atoms with E-state index in [0.717, 1.165) is 22.3 Å². The summed E-state index contributed by atoms with van der Waals surface area (Å²) in [5, 5.41) is 28.2. The van der Waals surface area contributed by atoms with Crippen molar-refractivity contribution < 1.29 is 20.1 Å². The van der Waals surface area contributed by atoms with E-state index in [-0.39, 0.29) is 11.1 Å². The lowest BCUT2D eigenvalue weighted by atomic mass is 9.92. The van der Waals surface area contributed by atoms with E-state index in [4.69, 9.17) is 5.11 Å². The third-order valence-corrected chi connectivity index (χ3v) is 3.52. The Bertz CT molecular complexity index is 659. The number of benzene rings is 2. The summed E-state index contributed by atoms with van der Waals surface area (Å²) in [5.74, 6) is -1.11. The maximum Gasteiger partial charge on any atom is 0.336 e. The van der Waals surface area contributed by atoms with Crippen molar-refractivity contribution in [2.75, 3.05) is 6.61 Å².